The summed E-state index contributed by atoms with van der Waals surface area (Å²) in [5, 5.41) is 11.4. The Hall–Kier alpha value is -1.01. The number of morpholine rings is 1. The van der Waals surface area contributed by atoms with Crippen LogP contribution in [-0.2, 0) is 9.47 Å². The Bertz CT molecular complexity index is 574. The number of hydrogen-bond acceptors (Lipinski definition) is 4. The first-order valence-corrected chi connectivity index (χ1v) is 8.15. The van der Waals surface area contributed by atoms with Crippen molar-refractivity contribution >= 4 is 29.3 Å². The molecule has 2 rings (SSSR count). The second kappa shape index (κ2) is 7.26. The molecule has 0 aliphatic carbocycles. The predicted molar refractivity (Wildman–Crippen MR) is 89.0 cm³/mol. The highest BCUT2D eigenvalue weighted by molar-refractivity contribution is 6.42. The fourth-order valence-corrected chi connectivity index (χ4v) is 2.66. The predicted octanol–water partition coefficient (Wildman–Crippen LogP) is 3.66. The molecule has 1 aromatic rings. The topological polar surface area (TPSA) is 59.0 Å². The highest BCUT2D eigenvalue weighted by Crippen LogP contribution is 2.30. The van der Waals surface area contributed by atoms with Crippen LogP contribution in [0.15, 0.2) is 18.2 Å². The van der Waals surface area contributed by atoms with E-state index in [4.69, 9.17) is 32.7 Å². The van der Waals surface area contributed by atoms with Crippen molar-refractivity contribution in [1.82, 2.24) is 4.90 Å². The van der Waals surface area contributed by atoms with E-state index in [1.165, 1.54) is 4.90 Å². The third-order valence-corrected chi connectivity index (χ3v) is 4.18. The Balaban J connectivity index is 2.19. The Morgan fingerprint density at radius 1 is 1.39 bits per heavy atom. The summed E-state index contributed by atoms with van der Waals surface area (Å²) < 4.78 is 10.8. The maximum Gasteiger partial charge on any atom is 0.410 e. The Kier molecular flexibility index (Phi) is 5.79. The summed E-state index contributed by atoms with van der Waals surface area (Å²) in [6, 6.07) is 4.34. The number of hydrogen-bond donors (Lipinski definition) is 1. The SMILES string of the molecule is CC(C)(C)OC(=O)N1CCOCC1C(O)c1ccc(Cl)c(Cl)c1. The van der Waals surface area contributed by atoms with Crippen molar-refractivity contribution < 1.29 is 19.4 Å². The second-order valence-corrected chi connectivity index (χ2v) is 7.25. The number of benzene rings is 1. The molecule has 1 N–H and O–H groups in total. The van der Waals surface area contributed by atoms with Gasteiger partial charge in [-0.25, -0.2) is 4.79 Å². The van der Waals surface area contributed by atoms with Crippen molar-refractivity contribution in [2.24, 2.45) is 0 Å². The summed E-state index contributed by atoms with van der Waals surface area (Å²) in [7, 11) is 0. The van der Waals surface area contributed by atoms with E-state index in [2.05, 4.69) is 0 Å². The molecule has 0 bridgehead atoms. The first kappa shape index (κ1) is 18.3. The number of rotatable bonds is 2. The van der Waals surface area contributed by atoms with Crippen LogP contribution in [0.3, 0.4) is 0 Å². The normalized spacial score (nSPS) is 20.3. The number of nitrogens with zero attached hydrogens (tertiary/aromatic N) is 1. The van der Waals surface area contributed by atoms with Gasteiger partial charge in [0.2, 0.25) is 0 Å². The molecule has 0 aromatic heterocycles. The first-order valence-electron chi connectivity index (χ1n) is 7.39. The molecule has 1 amide bonds. The minimum atomic E-state index is -0.947. The van der Waals surface area contributed by atoms with Gasteiger partial charge in [-0.15, -0.1) is 0 Å². The third-order valence-electron chi connectivity index (χ3n) is 3.44. The van der Waals surface area contributed by atoms with Gasteiger partial charge in [-0.05, 0) is 38.5 Å². The average molecular weight is 362 g/mol. The number of amides is 1. The highest BCUT2D eigenvalue weighted by atomic mass is 35.5. The molecule has 1 saturated heterocycles. The Morgan fingerprint density at radius 2 is 2.09 bits per heavy atom. The summed E-state index contributed by atoms with van der Waals surface area (Å²) >= 11 is 11.9. The lowest BCUT2D eigenvalue weighted by molar-refractivity contribution is -0.0672. The summed E-state index contributed by atoms with van der Waals surface area (Å²) in [6.07, 6.45) is -1.41. The van der Waals surface area contributed by atoms with E-state index in [0.717, 1.165) is 0 Å². The minimum absolute atomic E-state index is 0.223. The summed E-state index contributed by atoms with van der Waals surface area (Å²) in [5.74, 6) is 0. The smallest absolute Gasteiger partial charge is 0.410 e. The molecule has 0 spiro atoms. The van der Waals surface area contributed by atoms with Crippen LogP contribution in [0.4, 0.5) is 4.79 Å². The molecule has 1 heterocycles. The van der Waals surface area contributed by atoms with Gasteiger partial charge in [0.05, 0.1) is 29.3 Å². The van der Waals surface area contributed by atoms with Gasteiger partial charge >= 0.3 is 6.09 Å². The number of halogens is 2. The highest BCUT2D eigenvalue weighted by Gasteiger charge is 2.36. The number of aliphatic hydroxyl groups excluding tert-OH is 1. The molecule has 2 unspecified atom stereocenters. The van der Waals surface area contributed by atoms with Crippen LogP contribution in [0.1, 0.15) is 32.4 Å². The summed E-state index contributed by atoms with van der Waals surface area (Å²) in [4.78, 5) is 13.9. The molecular formula is C16H21Cl2NO4. The first-order chi connectivity index (χ1) is 10.7. The molecular weight excluding hydrogens is 341 g/mol. The summed E-state index contributed by atoms with van der Waals surface area (Å²) in [5.41, 5.74) is -0.0301. The zero-order valence-electron chi connectivity index (χ0n) is 13.4. The number of carbonyl (C=O) groups excluding carboxylic acids is 1. The number of carbonyl (C=O) groups is 1. The third kappa shape index (κ3) is 4.73. The van der Waals surface area contributed by atoms with Gasteiger partial charge in [0.1, 0.15) is 11.7 Å². The maximum absolute atomic E-state index is 12.4. The van der Waals surface area contributed by atoms with E-state index in [9.17, 15) is 9.90 Å². The van der Waals surface area contributed by atoms with Gasteiger partial charge < -0.3 is 14.6 Å². The average Bonchev–Trinajstić information content (AvgIpc) is 2.47. The van der Waals surface area contributed by atoms with Gasteiger partial charge in [0.25, 0.3) is 0 Å². The molecule has 1 aliphatic rings. The van der Waals surface area contributed by atoms with Gasteiger partial charge in [-0.1, -0.05) is 29.3 Å². The lowest BCUT2D eigenvalue weighted by Gasteiger charge is -2.38. The quantitative estimate of drug-likeness (QED) is 0.872. The number of aliphatic hydroxyl groups is 1. The van der Waals surface area contributed by atoms with Crippen molar-refractivity contribution in [1.29, 1.82) is 0 Å². The van der Waals surface area contributed by atoms with Gasteiger partial charge in [-0.2, -0.15) is 0 Å². The monoisotopic (exact) mass is 361 g/mol. The van der Waals surface area contributed by atoms with Crippen LogP contribution in [-0.4, -0.2) is 47.5 Å². The van der Waals surface area contributed by atoms with E-state index in [1.807, 2.05) is 0 Å². The van der Waals surface area contributed by atoms with E-state index in [1.54, 1.807) is 39.0 Å². The maximum atomic E-state index is 12.4. The molecule has 128 valence electrons. The van der Waals surface area contributed by atoms with E-state index in [0.29, 0.717) is 28.8 Å². The van der Waals surface area contributed by atoms with Crippen molar-refractivity contribution in [3.63, 3.8) is 0 Å². The van der Waals surface area contributed by atoms with Gasteiger partial charge in [0.15, 0.2) is 0 Å². The van der Waals surface area contributed by atoms with Crippen molar-refractivity contribution in [3.8, 4) is 0 Å². The zero-order chi connectivity index (χ0) is 17.2. The minimum Gasteiger partial charge on any atom is -0.444 e. The molecule has 23 heavy (non-hydrogen) atoms. The van der Waals surface area contributed by atoms with E-state index >= 15 is 0 Å². The van der Waals surface area contributed by atoms with Crippen LogP contribution in [0.5, 0.6) is 0 Å². The zero-order valence-corrected chi connectivity index (χ0v) is 14.9. The summed E-state index contributed by atoms with van der Waals surface area (Å²) in [6.45, 7) is 6.39. The lowest BCUT2D eigenvalue weighted by atomic mass is 10.0. The number of ether oxygens (including phenoxy) is 2. The molecule has 1 aromatic carbocycles. The molecule has 5 nitrogen and oxygen atoms in total. The Morgan fingerprint density at radius 3 is 2.70 bits per heavy atom. The standard InChI is InChI=1S/C16H21Cl2NO4/c1-16(2,3)23-15(21)19-6-7-22-9-13(19)14(20)10-4-5-11(17)12(18)8-10/h4-5,8,13-14,20H,6-7,9H2,1-3H3. The van der Waals surface area contributed by atoms with E-state index in [-0.39, 0.29) is 6.61 Å². The fraction of sp³-hybridized carbons (Fsp3) is 0.562. The molecule has 1 fully saturated rings. The van der Waals surface area contributed by atoms with Crippen LogP contribution >= 0.6 is 23.2 Å². The van der Waals surface area contributed by atoms with Crippen molar-refractivity contribution in [2.45, 2.75) is 38.5 Å². The molecule has 7 heteroatoms. The van der Waals surface area contributed by atoms with Crippen LogP contribution in [0.25, 0.3) is 0 Å². The van der Waals surface area contributed by atoms with Crippen LogP contribution in [0, 0.1) is 0 Å². The van der Waals surface area contributed by atoms with Crippen molar-refractivity contribution in [2.75, 3.05) is 19.8 Å². The molecule has 2 atom stereocenters. The van der Waals surface area contributed by atoms with Crippen LogP contribution in [0.2, 0.25) is 10.0 Å². The van der Waals surface area contributed by atoms with Gasteiger partial charge in [-0.3, -0.25) is 4.90 Å². The van der Waals surface area contributed by atoms with Crippen molar-refractivity contribution in [3.05, 3.63) is 33.8 Å². The van der Waals surface area contributed by atoms with E-state index < -0.39 is 23.8 Å². The second-order valence-electron chi connectivity index (χ2n) is 6.43. The van der Waals surface area contributed by atoms with Gasteiger partial charge in [0, 0.05) is 6.54 Å². The molecule has 0 radical (unpaired) electrons. The largest absolute Gasteiger partial charge is 0.444 e. The van der Waals surface area contributed by atoms with Crippen LogP contribution < -0.4 is 0 Å². The lowest BCUT2D eigenvalue weighted by Crippen LogP contribution is -2.52. The molecule has 1 aliphatic heterocycles. The molecule has 0 saturated carbocycles. The Labute approximate surface area is 146 Å². The fourth-order valence-electron chi connectivity index (χ4n) is 2.35.